The van der Waals surface area contributed by atoms with Crippen LogP contribution in [0.15, 0.2) is 22.7 Å². The highest BCUT2D eigenvalue weighted by Crippen LogP contribution is 2.39. The second-order valence-corrected chi connectivity index (χ2v) is 4.48. The van der Waals surface area contributed by atoms with Gasteiger partial charge in [-0.1, -0.05) is 28.1 Å². The molecule has 70 valence electrons. The fraction of sp³-hybridized carbons (Fsp3) is 0.455. The fourth-order valence-corrected chi connectivity index (χ4v) is 2.95. The lowest BCUT2D eigenvalue weighted by molar-refractivity contribution is 0.626. The van der Waals surface area contributed by atoms with Crippen LogP contribution in [-0.2, 0) is 6.42 Å². The van der Waals surface area contributed by atoms with E-state index in [1.807, 2.05) is 0 Å². The molecule has 2 rings (SSSR count). The molecule has 1 unspecified atom stereocenters. The van der Waals surface area contributed by atoms with Crippen LogP contribution in [-0.4, -0.2) is 6.54 Å². The summed E-state index contributed by atoms with van der Waals surface area (Å²) in [7, 11) is 0. The van der Waals surface area contributed by atoms with Gasteiger partial charge < -0.3 is 5.73 Å². The molecule has 1 nitrogen and oxygen atoms in total. The van der Waals surface area contributed by atoms with E-state index in [0.29, 0.717) is 5.92 Å². The van der Waals surface area contributed by atoms with Crippen LogP contribution in [0.1, 0.15) is 29.9 Å². The lowest BCUT2D eigenvalue weighted by atomic mass is 9.98. The van der Waals surface area contributed by atoms with E-state index >= 15 is 0 Å². The van der Waals surface area contributed by atoms with E-state index < -0.39 is 0 Å². The number of halogens is 1. The number of hydrogen-bond donors (Lipinski definition) is 1. The highest BCUT2D eigenvalue weighted by molar-refractivity contribution is 9.10. The normalized spacial score (nSPS) is 20.3. The van der Waals surface area contributed by atoms with E-state index in [2.05, 4.69) is 34.1 Å². The zero-order chi connectivity index (χ0) is 9.26. The molecule has 0 saturated heterocycles. The third-order valence-corrected chi connectivity index (χ3v) is 3.52. The Bertz CT molecular complexity index is 307. The Morgan fingerprint density at radius 1 is 1.46 bits per heavy atom. The molecule has 2 N–H and O–H groups in total. The molecular formula is C11H14BrN. The van der Waals surface area contributed by atoms with Crippen molar-refractivity contribution >= 4 is 15.9 Å². The molecular weight excluding hydrogens is 226 g/mol. The molecule has 0 radical (unpaired) electrons. The molecule has 0 heterocycles. The third kappa shape index (κ3) is 1.65. The molecule has 0 saturated carbocycles. The van der Waals surface area contributed by atoms with E-state index in [4.69, 9.17) is 5.73 Å². The first kappa shape index (κ1) is 9.22. The van der Waals surface area contributed by atoms with E-state index in [-0.39, 0.29) is 0 Å². The average molecular weight is 240 g/mol. The number of aryl methyl sites for hydroxylation is 1. The number of nitrogens with two attached hydrogens (primary N) is 1. The molecule has 0 fully saturated rings. The van der Waals surface area contributed by atoms with Gasteiger partial charge in [-0.3, -0.25) is 0 Å². The summed E-state index contributed by atoms with van der Waals surface area (Å²) in [5.74, 6) is 0.690. The lowest BCUT2D eigenvalue weighted by Crippen LogP contribution is -2.05. The molecule has 1 aliphatic rings. The van der Waals surface area contributed by atoms with E-state index in [9.17, 15) is 0 Å². The summed E-state index contributed by atoms with van der Waals surface area (Å²) in [5.41, 5.74) is 8.61. The van der Waals surface area contributed by atoms with Crippen molar-refractivity contribution in [2.45, 2.75) is 25.2 Å². The van der Waals surface area contributed by atoms with Crippen molar-refractivity contribution in [3.63, 3.8) is 0 Å². The third-order valence-electron chi connectivity index (χ3n) is 2.83. The highest BCUT2D eigenvalue weighted by Gasteiger charge is 2.23. The van der Waals surface area contributed by atoms with Crippen LogP contribution >= 0.6 is 15.9 Å². The van der Waals surface area contributed by atoms with Crippen molar-refractivity contribution in [3.8, 4) is 0 Å². The summed E-state index contributed by atoms with van der Waals surface area (Å²) in [4.78, 5) is 0. The second-order valence-electron chi connectivity index (χ2n) is 3.63. The van der Waals surface area contributed by atoms with E-state index in [0.717, 1.165) is 13.0 Å². The minimum Gasteiger partial charge on any atom is -0.330 e. The van der Waals surface area contributed by atoms with Crippen LogP contribution < -0.4 is 5.73 Å². The predicted molar refractivity (Wildman–Crippen MR) is 58.9 cm³/mol. The van der Waals surface area contributed by atoms with Crippen LogP contribution in [0, 0.1) is 0 Å². The largest absolute Gasteiger partial charge is 0.330 e. The van der Waals surface area contributed by atoms with Crippen molar-refractivity contribution in [1.82, 2.24) is 0 Å². The minimum atomic E-state index is 0.690. The van der Waals surface area contributed by atoms with Gasteiger partial charge in [0.25, 0.3) is 0 Å². The number of rotatable bonds is 2. The quantitative estimate of drug-likeness (QED) is 0.845. The van der Waals surface area contributed by atoms with E-state index in [1.54, 1.807) is 0 Å². The van der Waals surface area contributed by atoms with Gasteiger partial charge in [-0.05, 0) is 48.9 Å². The van der Waals surface area contributed by atoms with Gasteiger partial charge in [-0.15, -0.1) is 0 Å². The number of benzene rings is 1. The van der Waals surface area contributed by atoms with Gasteiger partial charge in [-0.25, -0.2) is 0 Å². The van der Waals surface area contributed by atoms with Crippen LogP contribution in [0.25, 0.3) is 0 Å². The van der Waals surface area contributed by atoms with Gasteiger partial charge in [0, 0.05) is 4.47 Å². The molecule has 1 aromatic carbocycles. The van der Waals surface area contributed by atoms with Crippen LogP contribution in [0.3, 0.4) is 0 Å². The van der Waals surface area contributed by atoms with Gasteiger partial charge in [0.15, 0.2) is 0 Å². The SMILES string of the molecule is NCCC1CCc2cccc(Br)c21. The highest BCUT2D eigenvalue weighted by atomic mass is 79.9. The second kappa shape index (κ2) is 3.81. The first-order valence-corrected chi connectivity index (χ1v) is 5.59. The average Bonchev–Trinajstić information content (AvgIpc) is 2.51. The monoisotopic (exact) mass is 239 g/mol. The Labute approximate surface area is 87.5 Å². The zero-order valence-electron chi connectivity index (χ0n) is 7.59. The molecule has 0 spiro atoms. The lowest BCUT2D eigenvalue weighted by Gasteiger charge is -2.11. The van der Waals surface area contributed by atoms with Crippen LogP contribution in [0.4, 0.5) is 0 Å². The molecule has 0 amide bonds. The maximum Gasteiger partial charge on any atom is 0.0212 e. The van der Waals surface area contributed by atoms with Gasteiger partial charge in [0.1, 0.15) is 0 Å². The summed E-state index contributed by atoms with van der Waals surface area (Å²) in [6.45, 7) is 0.797. The Hall–Kier alpha value is -0.340. The molecule has 0 aliphatic heterocycles. The number of hydrogen-bond acceptors (Lipinski definition) is 1. The van der Waals surface area contributed by atoms with Gasteiger partial charge in [0.05, 0.1) is 0 Å². The van der Waals surface area contributed by atoms with E-state index in [1.165, 1.54) is 28.4 Å². The summed E-state index contributed by atoms with van der Waals surface area (Å²) in [6.07, 6.45) is 3.62. The van der Waals surface area contributed by atoms with Crippen molar-refractivity contribution in [1.29, 1.82) is 0 Å². The molecule has 0 aromatic heterocycles. The van der Waals surface area contributed by atoms with Crippen molar-refractivity contribution in [2.24, 2.45) is 5.73 Å². The minimum absolute atomic E-state index is 0.690. The van der Waals surface area contributed by atoms with Gasteiger partial charge in [0.2, 0.25) is 0 Å². The molecule has 13 heavy (non-hydrogen) atoms. The molecule has 0 bridgehead atoms. The van der Waals surface area contributed by atoms with Crippen molar-refractivity contribution < 1.29 is 0 Å². The topological polar surface area (TPSA) is 26.0 Å². The predicted octanol–water partition coefficient (Wildman–Crippen LogP) is 2.83. The summed E-state index contributed by atoms with van der Waals surface area (Å²) >= 11 is 3.62. The fourth-order valence-electron chi connectivity index (χ4n) is 2.22. The van der Waals surface area contributed by atoms with Crippen molar-refractivity contribution in [2.75, 3.05) is 6.54 Å². The number of fused-ring (bicyclic) bond motifs is 1. The van der Waals surface area contributed by atoms with Gasteiger partial charge >= 0.3 is 0 Å². The summed E-state index contributed by atoms with van der Waals surface area (Å²) in [5, 5.41) is 0. The summed E-state index contributed by atoms with van der Waals surface area (Å²) in [6, 6.07) is 6.48. The Kier molecular flexibility index (Phi) is 2.70. The first-order chi connectivity index (χ1) is 6.33. The maximum atomic E-state index is 5.60. The molecule has 1 aliphatic carbocycles. The molecule has 2 heteroatoms. The molecule has 1 aromatic rings. The first-order valence-electron chi connectivity index (χ1n) is 4.80. The smallest absolute Gasteiger partial charge is 0.0212 e. The Morgan fingerprint density at radius 2 is 2.31 bits per heavy atom. The zero-order valence-corrected chi connectivity index (χ0v) is 9.18. The molecule has 1 atom stereocenters. The standard InChI is InChI=1S/C11H14BrN/c12-10-3-1-2-8-4-5-9(6-7-13)11(8)10/h1-3,9H,4-7,13H2. The van der Waals surface area contributed by atoms with Crippen LogP contribution in [0.5, 0.6) is 0 Å². The summed E-state index contributed by atoms with van der Waals surface area (Å²) < 4.78 is 1.26. The Morgan fingerprint density at radius 3 is 3.08 bits per heavy atom. The van der Waals surface area contributed by atoms with Gasteiger partial charge in [-0.2, -0.15) is 0 Å². The Balaban J connectivity index is 2.34. The van der Waals surface area contributed by atoms with Crippen molar-refractivity contribution in [3.05, 3.63) is 33.8 Å². The van der Waals surface area contributed by atoms with Crippen LogP contribution in [0.2, 0.25) is 0 Å². The maximum absolute atomic E-state index is 5.60.